The molecule has 1 aliphatic carbocycles. The van der Waals surface area contributed by atoms with Crippen molar-refractivity contribution in [3.63, 3.8) is 0 Å². The van der Waals surface area contributed by atoms with E-state index in [9.17, 15) is 9.59 Å². The van der Waals surface area contributed by atoms with Crippen LogP contribution in [0.4, 0.5) is 0 Å². The number of likely N-dealkylation sites (N-methyl/N-ethyl adjacent to an activating group) is 1. The molecule has 1 amide bonds. The highest BCUT2D eigenvalue weighted by atomic mass is 35.5. The Balaban J connectivity index is 0.00000338. The highest BCUT2D eigenvalue weighted by molar-refractivity contribution is 5.85. The summed E-state index contributed by atoms with van der Waals surface area (Å²) in [5.41, 5.74) is 0. The minimum atomic E-state index is -0.762. The van der Waals surface area contributed by atoms with Gasteiger partial charge in [0.05, 0.1) is 13.1 Å². The zero-order chi connectivity index (χ0) is 18.1. The smallest absolute Gasteiger partial charge is 0.317 e. The molecule has 0 bridgehead atoms. The molecule has 1 saturated heterocycles. The van der Waals surface area contributed by atoms with Crippen LogP contribution in [0, 0.1) is 5.92 Å². The van der Waals surface area contributed by atoms with Gasteiger partial charge in [-0.15, -0.1) is 12.4 Å². The van der Waals surface area contributed by atoms with Crippen LogP contribution in [0.25, 0.3) is 0 Å². The molecule has 0 aromatic rings. The van der Waals surface area contributed by atoms with Crippen LogP contribution in [-0.2, 0) is 9.59 Å². The van der Waals surface area contributed by atoms with Gasteiger partial charge in [-0.3, -0.25) is 19.4 Å². The number of rotatable bonds is 9. The quantitative estimate of drug-likeness (QED) is 0.633. The summed E-state index contributed by atoms with van der Waals surface area (Å²) in [5.74, 6) is 0.174. The van der Waals surface area contributed by atoms with Crippen molar-refractivity contribution in [3.8, 4) is 0 Å². The van der Waals surface area contributed by atoms with Crippen molar-refractivity contribution < 1.29 is 14.7 Å². The minimum absolute atomic E-state index is 0. The van der Waals surface area contributed by atoms with Crippen molar-refractivity contribution in [3.05, 3.63) is 0 Å². The van der Waals surface area contributed by atoms with Gasteiger partial charge in [0.2, 0.25) is 5.91 Å². The molecular weight excluding hydrogens is 354 g/mol. The molecule has 0 spiro atoms. The Labute approximate surface area is 164 Å². The normalized spacial score (nSPS) is 19.9. The molecule has 7 heteroatoms. The van der Waals surface area contributed by atoms with Gasteiger partial charge in [0.25, 0.3) is 0 Å². The number of likely N-dealkylation sites (tertiary alicyclic amines) is 1. The zero-order valence-electron chi connectivity index (χ0n) is 16.1. The largest absolute Gasteiger partial charge is 0.480 e. The fourth-order valence-electron chi connectivity index (χ4n) is 4.27. The molecule has 2 aliphatic rings. The zero-order valence-corrected chi connectivity index (χ0v) is 16.9. The number of aliphatic carboxylic acids is 1. The van der Waals surface area contributed by atoms with Crippen LogP contribution in [0.15, 0.2) is 0 Å². The molecule has 26 heavy (non-hydrogen) atoms. The first-order chi connectivity index (χ1) is 12.1. The third kappa shape index (κ3) is 8.23. The molecule has 1 aliphatic heterocycles. The van der Waals surface area contributed by atoms with E-state index in [1.165, 1.54) is 32.1 Å². The maximum Gasteiger partial charge on any atom is 0.317 e. The van der Waals surface area contributed by atoms with Crippen molar-refractivity contribution in [2.75, 3.05) is 39.3 Å². The van der Waals surface area contributed by atoms with E-state index >= 15 is 0 Å². The van der Waals surface area contributed by atoms with E-state index in [-0.39, 0.29) is 24.9 Å². The summed E-state index contributed by atoms with van der Waals surface area (Å²) in [7, 11) is 0. The number of nitrogens with one attached hydrogen (secondary N) is 1. The van der Waals surface area contributed by atoms with E-state index in [0.717, 1.165) is 51.4 Å². The first kappa shape index (κ1) is 23.2. The molecule has 2 N–H and O–H groups in total. The van der Waals surface area contributed by atoms with Crippen molar-refractivity contribution in [1.29, 1.82) is 0 Å². The van der Waals surface area contributed by atoms with E-state index in [4.69, 9.17) is 5.11 Å². The van der Waals surface area contributed by atoms with E-state index in [1.54, 1.807) is 0 Å². The van der Waals surface area contributed by atoms with Crippen molar-refractivity contribution in [2.24, 2.45) is 5.92 Å². The highest BCUT2D eigenvalue weighted by Gasteiger charge is 2.25. The number of carbonyl (C=O) groups is 2. The molecule has 0 radical (unpaired) electrons. The molecule has 0 atom stereocenters. The minimum Gasteiger partial charge on any atom is -0.480 e. The number of amides is 1. The second-order valence-corrected chi connectivity index (χ2v) is 7.61. The number of hydrogen-bond acceptors (Lipinski definition) is 4. The number of nitrogens with zero attached hydrogens (tertiary/aromatic N) is 2. The Morgan fingerprint density at radius 3 is 2.35 bits per heavy atom. The van der Waals surface area contributed by atoms with Gasteiger partial charge < -0.3 is 10.4 Å². The second-order valence-electron chi connectivity index (χ2n) is 7.61. The lowest BCUT2D eigenvalue weighted by molar-refractivity contribution is -0.139. The van der Waals surface area contributed by atoms with Gasteiger partial charge in [-0.1, -0.05) is 39.0 Å². The number of halogens is 1. The topological polar surface area (TPSA) is 72.9 Å². The lowest BCUT2D eigenvalue weighted by Gasteiger charge is -2.37. The Hall–Kier alpha value is -0.850. The maximum atomic E-state index is 12.1. The monoisotopic (exact) mass is 389 g/mol. The molecule has 0 aromatic heterocycles. The Kier molecular flexibility index (Phi) is 11.2. The predicted molar refractivity (Wildman–Crippen MR) is 106 cm³/mol. The Morgan fingerprint density at radius 1 is 1.12 bits per heavy atom. The Morgan fingerprint density at radius 2 is 1.77 bits per heavy atom. The fraction of sp³-hybridized carbons (Fsp3) is 0.895. The van der Waals surface area contributed by atoms with Crippen LogP contribution in [0.3, 0.4) is 0 Å². The van der Waals surface area contributed by atoms with Gasteiger partial charge in [0.15, 0.2) is 0 Å². The van der Waals surface area contributed by atoms with Crippen molar-refractivity contribution in [2.45, 2.75) is 64.3 Å². The molecule has 6 nitrogen and oxygen atoms in total. The van der Waals surface area contributed by atoms with Gasteiger partial charge >= 0.3 is 5.97 Å². The number of carboxylic acids is 1. The molecule has 2 rings (SSSR count). The lowest BCUT2D eigenvalue weighted by Crippen LogP contribution is -2.48. The van der Waals surface area contributed by atoms with Crippen LogP contribution >= 0.6 is 12.4 Å². The summed E-state index contributed by atoms with van der Waals surface area (Å²) >= 11 is 0. The van der Waals surface area contributed by atoms with E-state index in [2.05, 4.69) is 10.2 Å². The first-order valence-corrected chi connectivity index (χ1v) is 10.0. The third-order valence-corrected chi connectivity index (χ3v) is 5.78. The Bertz CT molecular complexity index is 422. The van der Waals surface area contributed by atoms with Gasteiger partial charge in [0, 0.05) is 25.7 Å². The maximum absolute atomic E-state index is 12.1. The number of carboxylic acid groups (broad SMARTS) is 1. The van der Waals surface area contributed by atoms with Gasteiger partial charge in [-0.05, 0) is 31.7 Å². The van der Waals surface area contributed by atoms with Crippen LogP contribution in [-0.4, -0.2) is 72.1 Å². The third-order valence-electron chi connectivity index (χ3n) is 5.78. The molecule has 0 aromatic carbocycles. The molecule has 2 fully saturated rings. The number of piperidine rings is 1. The summed E-state index contributed by atoms with van der Waals surface area (Å²) in [5, 5.41) is 12.1. The lowest BCUT2D eigenvalue weighted by atomic mass is 9.87. The standard InChI is InChI=1S/C19H35N3O3.ClH/c1-2-22(15-19(24)25)17-9-12-21(13-10-17)14-18(23)20-11-8-16-6-4-3-5-7-16;/h16-17H,2-15H2,1H3,(H,20,23)(H,24,25);1H. The van der Waals surface area contributed by atoms with Crippen LogP contribution < -0.4 is 5.32 Å². The summed E-state index contributed by atoms with van der Waals surface area (Å²) in [6.45, 7) is 5.91. The molecule has 0 unspecified atom stereocenters. The van der Waals surface area contributed by atoms with Crippen molar-refractivity contribution in [1.82, 2.24) is 15.1 Å². The van der Waals surface area contributed by atoms with E-state index in [1.807, 2.05) is 11.8 Å². The number of hydrogen-bond donors (Lipinski definition) is 2. The van der Waals surface area contributed by atoms with Crippen molar-refractivity contribution >= 4 is 24.3 Å². The average Bonchev–Trinajstić information content (AvgIpc) is 2.61. The number of carbonyl (C=O) groups excluding carboxylic acids is 1. The van der Waals surface area contributed by atoms with Crippen LogP contribution in [0.1, 0.15) is 58.3 Å². The summed E-state index contributed by atoms with van der Waals surface area (Å²) in [6.07, 6.45) is 9.73. The highest BCUT2D eigenvalue weighted by Crippen LogP contribution is 2.25. The predicted octanol–water partition coefficient (Wildman–Crippen LogP) is 2.37. The molecule has 1 heterocycles. The summed E-state index contributed by atoms with van der Waals surface area (Å²) in [4.78, 5) is 27.3. The average molecular weight is 390 g/mol. The SMILES string of the molecule is CCN(CC(=O)O)C1CCN(CC(=O)NCCC2CCCCC2)CC1.Cl. The van der Waals surface area contributed by atoms with Crippen LogP contribution in [0.5, 0.6) is 0 Å². The molecule has 152 valence electrons. The summed E-state index contributed by atoms with van der Waals surface area (Å²) < 4.78 is 0. The van der Waals surface area contributed by atoms with Crippen LogP contribution in [0.2, 0.25) is 0 Å². The van der Waals surface area contributed by atoms with Gasteiger partial charge in [0.1, 0.15) is 0 Å². The summed E-state index contributed by atoms with van der Waals surface area (Å²) in [6, 6.07) is 0.326. The molecular formula is C19H36ClN3O3. The van der Waals surface area contributed by atoms with Gasteiger partial charge in [-0.25, -0.2) is 0 Å². The van der Waals surface area contributed by atoms with E-state index < -0.39 is 5.97 Å². The first-order valence-electron chi connectivity index (χ1n) is 10.0. The fourth-order valence-corrected chi connectivity index (χ4v) is 4.27. The van der Waals surface area contributed by atoms with E-state index in [0.29, 0.717) is 12.6 Å². The van der Waals surface area contributed by atoms with Gasteiger partial charge in [-0.2, -0.15) is 0 Å². The molecule has 1 saturated carbocycles. The second kappa shape index (κ2) is 12.5.